The van der Waals surface area contributed by atoms with Gasteiger partial charge in [0.1, 0.15) is 16.4 Å². The van der Waals surface area contributed by atoms with Gasteiger partial charge in [0.25, 0.3) is 10.0 Å². The third-order valence-electron chi connectivity index (χ3n) is 3.68. The molecule has 3 aromatic rings. The summed E-state index contributed by atoms with van der Waals surface area (Å²) in [5, 5.41) is 3.63. The van der Waals surface area contributed by atoms with Gasteiger partial charge in [0.15, 0.2) is 24.6 Å². The molecule has 0 aliphatic carbocycles. The van der Waals surface area contributed by atoms with Gasteiger partial charge in [-0.15, -0.1) is 0 Å². The minimum atomic E-state index is -4.81. The van der Waals surface area contributed by atoms with Crippen molar-refractivity contribution in [3.05, 3.63) is 41.4 Å². The van der Waals surface area contributed by atoms with Crippen LogP contribution in [0.2, 0.25) is 5.02 Å². The van der Waals surface area contributed by atoms with Crippen LogP contribution >= 0.6 is 11.6 Å². The van der Waals surface area contributed by atoms with E-state index in [0.29, 0.717) is 6.07 Å². The number of aromatic nitrogens is 1. The largest absolute Gasteiger partial charge is 0.484 e. The fourth-order valence-electron chi connectivity index (χ4n) is 2.43. The van der Waals surface area contributed by atoms with Gasteiger partial charge in [-0.3, -0.25) is 4.72 Å². The minimum Gasteiger partial charge on any atom is -0.484 e. The van der Waals surface area contributed by atoms with Crippen molar-refractivity contribution in [3.63, 3.8) is 0 Å². The first-order valence-electron chi connectivity index (χ1n) is 8.35. The molecule has 0 fully saturated rings. The van der Waals surface area contributed by atoms with Gasteiger partial charge in [-0.25, -0.2) is 8.42 Å². The van der Waals surface area contributed by atoms with Crippen molar-refractivity contribution >= 4 is 38.4 Å². The van der Waals surface area contributed by atoms with Gasteiger partial charge in [0.05, 0.1) is 10.4 Å². The Morgan fingerprint density at radius 3 is 2.31 bits per heavy atom. The van der Waals surface area contributed by atoms with Gasteiger partial charge in [-0.1, -0.05) is 22.8 Å². The summed E-state index contributed by atoms with van der Waals surface area (Å²) < 4.78 is 117. The lowest BCUT2D eigenvalue weighted by molar-refractivity contribution is -0.154. The van der Waals surface area contributed by atoms with E-state index in [4.69, 9.17) is 16.1 Å². The van der Waals surface area contributed by atoms with E-state index in [9.17, 15) is 34.8 Å². The molecule has 0 saturated carbocycles. The maximum absolute atomic E-state index is 12.9. The molecule has 15 heteroatoms. The average molecular weight is 505 g/mol. The lowest BCUT2D eigenvalue weighted by Crippen LogP contribution is -2.22. The number of nitrogens with one attached hydrogen (secondary N) is 1. The Bertz CT molecular complexity index is 1230. The zero-order valence-electron chi connectivity index (χ0n) is 15.4. The van der Waals surface area contributed by atoms with Crippen LogP contribution in [-0.2, 0) is 10.0 Å². The molecule has 174 valence electrons. The second kappa shape index (κ2) is 8.58. The molecule has 1 heterocycles. The molecule has 0 saturated heterocycles. The van der Waals surface area contributed by atoms with Crippen molar-refractivity contribution in [1.29, 1.82) is 0 Å². The summed E-state index contributed by atoms with van der Waals surface area (Å²) in [4.78, 5) is -0.926. The molecule has 0 amide bonds. The number of anilines is 1. The van der Waals surface area contributed by atoms with Gasteiger partial charge in [-0.2, -0.15) is 26.3 Å². The predicted octanol–water partition coefficient (Wildman–Crippen LogP) is 5.16. The van der Waals surface area contributed by atoms with E-state index in [0.717, 1.165) is 12.1 Å². The van der Waals surface area contributed by atoms with Crippen LogP contribution in [0.1, 0.15) is 0 Å². The smallest absolute Gasteiger partial charge is 0.422 e. The Hall–Kier alpha value is -2.87. The summed E-state index contributed by atoms with van der Waals surface area (Å²) in [7, 11) is -4.75. The first kappa shape index (κ1) is 23.8. The zero-order chi connectivity index (χ0) is 23.7. The maximum atomic E-state index is 12.9. The normalized spacial score (nSPS) is 12.7. The summed E-state index contributed by atoms with van der Waals surface area (Å²) in [6, 6.07) is 6.49. The van der Waals surface area contributed by atoms with Crippen LogP contribution < -0.4 is 14.2 Å². The zero-order valence-corrected chi connectivity index (χ0v) is 17.0. The Morgan fingerprint density at radius 2 is 1.66 bits per heavy atom. The van der Waals surface area contributed by atoms with Crippen LogP contribution in [0.5, 0.6) is 11.5 Å². The van der Waals surface area contributed by atoms with E-state index in [1.807, 2.05) is 4.72 Å². The molecular formula is C17H11ClF6N2O5S. The molecular weight excluding hydrogens is 494 g/mol. The molecule has 1 aromatic heterocycles. The van der Waals surface area contributed by atoms with Crippen LogP contribution in [0.15, 0.2) is 45.8 Å². The van der Waals surface area contributed by atoms with E-state index in [-0.39, 0.29) is 16.0 Å². The highest BCUT2D eigenvalue weighted by Gasteiger charge is 2.32. The molecule has 0 aliphatic heterocycles. The number of ether oxygens (including phenoxy) is 2. The van der Waals surface area contributed by atoms with Crippen LogP contribution in [-0.4, -0.2) is 39.1 Å². The number of hydrogen-bond acceptors (Lipinski definition) is 6. The fraction of sp³-hybridized carbons (Fsp3) is 0.235. The number of alkyl halides is 6. The highest BCUT2D eigenvalue weighted by Crippen LogP contribution is 2.35. The predicted molar refractivity (Wildman–Crippen MR) is 99.4 cm³/mol. The topological polar surface area (TPSA) is 90.7 Å². The van der Waals surface area contributed by atoms with E-state index < -0.39 is 57.8 Å². The summed E-state index contributed by atoms with van der Waals surface area (Å²) in [5.74, 6) is -1.76. The Kier molecular flexibility index (Phi) is 6.38. The summed E-state index contributed by atoms with van der Waals surface area (Å²) in [6.45, 7) is -3.61. The van der Waals surface area contributed by atoms with Crippen molar-refractivity contribution < 1.29 is 48.8 Å². The molecule has 2 aromatic carbocycles. The molecule has 0 aliphatic rings. The molecule has 0 unspecified atom stereocenters. The number of fused-ring (bicyclic) bond motifs is 1. The summed E-state index contributed by atoms with van der Waals surface area (Å²) in [6.07, 6.45) is -9.55. The highest BCUT2D eigenvalue weighted by atomic mass is 35.5. The molecule has 32 heavy (non-hydrogen) atoms. The van der Waals surface area contributed by atoms with Gasteiger partial charge < -0.3 is 14.0 Å². The van der Waals surface area contributed by atoms with E-state index in [2.05, 4.69) is 14.6 Å². The lowest BCUT2D eigenvalue weighted by atomic mass is 10.2. The van der Waals surface area contributed by atoms with Gasteiger partial charge in [0.2, 0.25) is 0 Å². The maximum Gasteiger partial charge on any atom is 0.422 e. The Balaban J connectivity index is 2.00. The van der Waals surface area contributed by atoms with Crippen molar-refractivity contribution in [1.82, 2.24) is 5.16 Å². The number of halogens is 7. The molecule has 7 nitrogen and oxygen atoms in total. The first-order valence-corrected chi connectivity index (χ1v) is 10.2. The SMILES string of the molecule is O=S(=O)(Nc1noc2cccc(Cl)c12)c1cc(OCC(F)(F)F)ccc1OCC(F)(F)F. The summed E-state index contributed by atoms with van der Waals surface area (Å²) >= 11 is 6.01. The molecule has 0 atom stereocenters. The second-order valence-electron chi connectivity index (χ2n) is 6.17. The van der Waals surface area contributed by atoms with Gasteiger partial charge in [-0.05, 0) is 24.3 Å². The quantitative estimate of drug-likeness (QED) is 0.447. The van der Waals surface area contributed by atoms with Gasteiger partial charge >= 0.3 is 12.4 Å². The fourth-order valence-corrected chi connectivity index (χ4v) is 3.86. The molecule has 0 bridgehead atoms. The van der Waals surface area contributed by atoms with Crippen molar-refractivity contribution in [3.8, 4) is 11.5 Å². The Labute approximate surface area is 180 Å². The lowest BCUT2D eigenvalue weighted by Gasteiger charge is -2.16. The average Bonchev–Trinajstić information content (AvgIpc) is 3.07. The van der Waals surface area contributed by atoms with E-state index in [1.54, 1.807) is 0 Å². The van der Waals surface area contributed by atoms with Crippen LogP contribution in [0, 0.1) is 0 Å². The van der Waals surface area contributed by atoms with Crippen molar-refractivity contribution in [2.45, 2.75) is 17.2 Å². The van der Waals surface area contributed by atoms with Crippen LogP contribution in [0.4, 0.5) is 32.2 Å². The van der Waals surface area contributed by atoms with E-state index >= 15 is 0 Å². The van der Waals surface area contributed by atoms with Crippen molar-refractivity contribution in [2.75, 3.05) is 17.9 Å². The highest BCUT2D eigenvalue weighted by molar-refractivity contribution is 7.92. The number of rotatable bonds is 7. The number of hydrogen-bond donors (Lipinski definition) is 1. The third-order valence-corrected chi connectivity index (χ3v) is 5.35. The molecule has 1 N–H and O–H groups in total. The van der Waals surface area contributed by atoms with Crippen molar-refractivity contribution in [2.24, 2.45) is 0 Å². The second-order valence-corrected chi connectivity index (χ2v) is 8.22. The third kappa shape index (κ3) is 5.88. The first-order chi connectivity index (χ1) is 14.8. The van der Waals surface area contributed by atoms with Gasteiger partial charge in [0, 0.05) is 6.07 Å². The standard InChI is InChI=1S/C17H11ClF6N2O5S/c18-10-2-1-3-12-14(10)15(25-31-12)26-32(27,28)13-6-9(29-7-16(19,20)21)4-5-11(13)30-8-17(22,23)24/h1-6H,7-8H2,(H,25,26). The minimum absolute atomic E-state index is 0.0530. The molecule has 3 rings (SSSR count). The number of nitrogens with zero attached hydrogens (tertiary/aromatic N) is 1. The number of sulfonamides is 1. The number of benzene rings is 2. The van der Waals surface area contributed by atoms with Crippen LogP contribution in [0.25, 0.3) is 11.0 Å². The molecule has 0 radical (unpaired) electrons. The monoisotopic (exact) mass is 504 g/mol. The van der Waals surface area contributed by atoms with E-state index in [1.165, 1.54) is 18.2 Å². The van der Waals surface area contributed by atoms with Crippen LogP contribution in [0.3, 0.4) is 0 Å². The summed E-state index contributed by atoms with van der Waals surface area (Å²) in [5.41, 5.74) is 0.103. The Morgan fingerprint density at radius 1 is 1.00 bits per heavy atom. The molecule has 0 spiro atoms.